The summed E-state index contributed by atoms with van der Waals surface area (Å²) >= 11 is 0. The number of nitriles is 1. The average molecular weight is 499 g/mol. The summed E-state index contributed by atoms with van der Waals surface area (Å²) in [5.74, 6) is 0.988. The summed E-state index contributed by atoms with van der Waals surface area (Å²) in [6.07, 6.45) is 4.22. The third-order valence-electron chi connectivity index (χ3n) is 6.85. The van der Waals surface area contributed by atoms with Crippen LogP contribution in [0.1, 0.15) is 24.1 Å². The van der Waals surface area contributed by atoms with Crippen molar-refractivity contribution in [2.75, 3.05) is 32.9 Å². The molecule has 1 saturated heterocycles. The second kappa shape index (κ2) is 9.67. The van der Waals surface area contributed by atoms with Crippen LogP contribution in [-0.4, -0.2) is 63.3 Å². The van der Waals surface area contributed by atoms with E-state index in [-0.39, 0.29) is 18.0 Å². The van der Waals surface area contributed by atoms with Crippen LogP contribution in [0.2, 0.25) is 0 Å². The molecule has 1 aliphatic carbocycles. The van der Waals surface area contributed by atoms with E-state index in [2.05, 4.69) is 16.3 Å². The SMILES string of the molecule is N#Cc1cc2nn(Cc3nn(CC(=O)N4CCOCC4)c(=O)c4ccccc34)cc2cc1OCC1CC1. The molecule has 0 radical (unpaired) electrons. The second-order valence-electron chi connectivity index (χ2n) is 9.55. The van der Waals surface area contributed by atoms with E-state index in [9.17, 15) is 14.9 Å². The number of nitrogens with zero attached hydrogens (tertiary/aromatic N) is 6. The van der Waals surface area contributed by atoms with E-state index in [0.29, 0.717) is 78.7 Å². The van der Waals surface area contributed by atoms with E-state index in [4.69, 9.17) is 9.47 Å². The highest BCUT2D eigenvalue weighted by Gasteiger charge is 2.23. The van der Waals surface area contributed by atoms with Crippen molar-refractivity contribution in [2.45, 2.75) is 25.9 Å². The summed E-state index contributed by atoms with van der Waals surface area (Å²) in [4.78, 5) is 27.7. The molecule has 2 aromatic carbocycles. The minimum Gasteiger partial charge on any atom is -0.492 e. The molecular weight excluding hydrogens is 472 g/mol. The fourth-order valence-electron chi connectivity index (χ4n) is 4.61. The molecule has 0 unspecified atom stereocenters. The molecule has 1 aliphatic heterocycles. The van der Waals surface area contributed by atoms with E-state index in [1.165, 1.54) is 17.5 Å². The largest absolute Gasteiger partial charge is 0.492 e. The molecule has 1 amide bonds. The molecule has 0 bridgehead atoms. The molecule has 0 spiro atoms. The quantitative estimate of drug-likeness (QED) is 0.384. The van der Waals surface area contributed by atoms with Gasteiger partial charge in [0.05, 0.1) is 48.5 Å². The van der Waals surface area contributed by atoms with Gasteiger partial charge in [0.15, 0.2) is 0 Å². The number of hydrogen-bond donors (Lipinski definition) is 0. The predicted octanol–water partition coefficient (Wildman–Crippen LogP) is 2.31. The van der Waals surface area contributed by atoms with Gasteiger partial charge < -0.3 is 14.4 Å². The third-order valence-corrected chi connectivity index (χ3v) is 6.85. The molecule has 6 rings (SSSR count). The van der Waals surface area contributed by atoms with Crippen LogP contribution in [0.5, 0.6) is 5.75 Å². The number of carbonyl (C=O) groups is 1. The molecule has 2 aliphatic rings. The van der Waals surface area contributed by atoms with E-state index in [1.807, 2.05) is 24.4 Å². The standard InChI is InChI=1S/C27H26N6O4/c28-13-19-11-23-20(12-25(19)37-17-18-5-6-18)14-32(29-23)15-24-21-3-1-2-4-22(21)27(35)33(30-24)16-26(34)31-7-9-36-10-8-31/h1-4,11-12,14,18H,5-10,15-17H2. The van der Waals surface area contributed by atoms with Crippen LogP contribution in [0.4, 0.5) is 0 Å². The Morgan fingerprint density at radius 2 is 1.92 bits per heavy atom. The molecule has 188 valence electrons. The number of hydrogen-bond acceptors (Lipinski definition) is 7. The van der Waals surface area contributed by atoms with Gasteiger partial charge in [0, 0.05) is 30.1 Å². The lowest BCUT2D eigenvalue weighted by Gasteiger charge is -2.27. The molecule has 2 aromatic heterocycles. The Kier molecular flexibility index (Phi) is 6.06. The Bertz CT molecular complexity index is 1590. The highest BCUT2D eigenvalue weighted by molar-refractivity contribution is 5.85. The Hall–Kier alpha value is -4.23. The van der Waals surface area contributed by atoms with Gasteiger partial charge in [0.1, 0.15) is 18.4 Å². The number of carbonyl (C=O) groups excluding carboxylic acids is 1. The lowest BCUT2D eigenvalue weighted by molar-refractivity contribution is -0.136. The van der Waals surface area contributed by atoms with E-state index >= 15 is 0 Å². The minimum atomic E-state index is -0.303. The Labute approximate surface area is 212 Å². The van der Waals surface area contributed by atoms with Crippen molar-refractivity contribution in [3.63, 3.8) is 0 Å². The van der Waals surface area contributed by atoms with Crippen molar-refractivity contribution < 1.29 is 14.3 Å². The lowest BCUT2D eigenvalue weighted by atomic mass is 10.1. The normalized spacial score (nSPS) is 15.7. The maximum atomic E-state index is 13.2. The van der Waals surface area contributed by atoms with Gasteiger partial charge in [-0.05, 0) is 37.0 Å². The monoisotopic (exact) mass is 498 g/mol. The molecule has 4 aromatic rings. The first-order valence-electron chi connectivity index (χ1n) is 12.5. The van der Waals surface area contributed by atoms with E-state index < -0.39 is 0 Å². The number of amides is 1. The summed E-state index contributed by atoms with van der Waals surface area (Å²) in [6.45, 7) is 2.77. The van der Waals surface area contributed by atoms with Crippen LogP contribution in [0.15, 0.2) is 47.4 Å². The summed E-state index contributed by atoms with van der Waals surface area (Å²) in [5, 5.41) is 20.9. The Morgan fingerprint density at radius 3 is 2.68 bits per heavy atom. The molecule has 0 atom stereocenters. The van der Waals surface area contributed by atoms with Crippen LogP contribution >= 0.6 is 0 Å². The summed E-state index contributed by atoms with van der Waals surface area (Å²) < 4.78 is 14.2. The van der Waals surface area contributed by atoms with Gasteiger partial charge in [-0.2, -0.15) is 15.5 Å². The van der Waals surface area contributed by atoms with Crippen molar-refractivity contribution >= 4 is 27.6 Å². The highest BCUT2D eigenvalue weighted by Crippen LogP contribution is 2.31. The van der Waals surface area contributed by atoms with Gasteiger partial charge in [-0.15, -0.1) is 0 Å². The molecule has 37 heavy (non-hydrogen) atoms. The van der Waals surface area contributed by atoms with Gasteiger partial charge in [-0.3, -0.25) is 14.3 Å². The fourth-order valence-corrected chi connectivity index (χ4v) is 4.61. The lowest BCUT2D eigenvalue weighted by Crippen LogP contribution is -2.44. The Balaban J connectivity index is 1.32. The number of fused-ring (bicyclic) bond motifs is 2. The molecule has 10 heteroatoms. The van der Waals surface area contributed by atoms with Gasteiger partial charge in [-0.1, -0.05) is 18.2 Å². The van der Waals surface area contributed by atoms with Crippen LogP contribution in [0, 0.1) is 17.2 Å². The highest BCUT2D eigenvalue weighted by atomic mass is 16.5. The predicted molar refractivity (Wildman–Crippen MR) is 135 cm³/mol. The van der Waals surface area contributed by atoms with Crippen LogP contribution in [-0.2, 0) is 22.6 Å². The summed E-state index contributed by atoms with van der Waals surface area (Å²) in [6, 6.07) is 13.1. The van der Waals surface area contributed by atoms with Gasteiger partial charge >= 0.3 is 0 Å². The second-order valence-corrected chi connectivity index (χ2v) is 9.55. The number of morpholine rings is 1. The number of ether oxygens (including phenoxy) is 2. The zero-order valence-corrected chi connectivity index (χ0v) is 20.3. The zero-order valence-electron chi connectivity index (χ0n) is 20.3. The topological polar surface area (TPSA) is 115 Å². The maximum Gasteiger partial charge on any atom is 0.275 e. The maximum absolute atomic E-state index is 13.2. The van der Waals surface area contributed by atoms with Crippen LogP contribution < -0.4 is 10.3 Å². The van der Waals surface area contributed by atoms with Crippen molar-refractivity contribution in [1.29, 1.82) is 5.26 Å². The van der Waals surface area contributed by atoms with Crippen molar-refractivity contribution in [3.8, 4) is 11.8 Å². The first kappa shape index (κ1) is 23.2. The van der Waals surface area contributed by atoms with Crippen LogP contribution in [0.25, 0.3) is 21.7 Å². The molecule has 1 saturated carbocycles. The molecular formula is C27H26N6O4. The third kappa shape index (κ3) is 4.78. The molecule has 0 N–H and O–H groups in total. The zero-order chi connectivity index (χ0) is 25.4. The van der Waals surface area contributed by atoms with Crippen molar-refractivity contribution in [1.82, 2.24) is 24.5 Å². The van der Waals surface area contributed by atoms with E-state index in [0.717, 1.165) is 5.39 Å². The minimum absolute atomic E-state index is 0.134. The molecule has 3 heterocycles. The average Bonchev–Trinajstić information content (AvgIpc) is 3.68. The smallest absolute Gasteiger partial charge is 0.275 e. The van der Waals surface area contributed by atoms with Gasteiger partial charge in [0.25, 0.3) is 5.56 Å². The van der Waals surface area contributed by atoms with Crippen molar-refractivity contribution in [3.05, 3.63) is 64.2 Å². The number of benzene rings is 2. The molecule has 2 fully saturated rings. The van der Waals surface area contributed by atoms with E-state index in [1.54, 1.807) is 27.8 Å². The van der Waals surface area contributed by atoms with Crippen molar-refractivity contribution in [2.24, 2.45) is 5.92 Å². The number of aromatic nitrogens is 4. The first-order chi connectivity index (χ1) is 18.1. The fraction of sp³-hybridized carbons (Fsp3) is 0.370. The van der Waals surface area contributed by atoms with Gasteiger partial charge in [0.2, 0.25) is 5.91 Å². The number of rotatable bonds is 7. The Morgan fingerprint density at radius 1 is 1.14 bits per heavy atom. The summed E-state index contributed by atoms with van der Waals surface area (Å²) in [7, 11) is 0. The van der Waals surface area contributed by atoms with Crippen LogP contribution in [0.3, 0.4) is 0 Å². The summed E-state index contributed by atoms with van der Waals surface area (Å²) in [5.41, 5.74) is 1.46. The first-order valence-corrected chi connectivity index (χ1v) is 12.5. The molecule has 10 nitrogen and oxygen atoms in total. The van der Waals surface area contributed by atoms with Gasteiger partial charge in [-0.25, -0.2) is 4.68 Å².